The minimum Gasteiger partial charge on any atom is -0.206 e. The fourth-order valence-corrected chi connectivity index (χ4v) is 1.31. The van der Waals surface area contributed by atoms with Gasteiger partial charge in [-0.1, -0.05) is 25.1 Å². The van der Waals surface area contributed by atoms with E-state index in [1.807, 2.05) is 6.92 Å². The van der Waals surface area contributed by atoms with Crippen molar-refractivity contribution in [2.45, 2.75) is 25.9 Å². The maximum absolute atomic E-state index is 13.2. The predicted molar refractivity (Wildman–Crippen MR) is 54.5 cm³/mol. The molecule has 0 bridgehead atoms. The Morgan fingerprint density at radius 1 is 1.31 bits per heavy atom. The summed E-state index contributed by atoms with van der Waals surface area (Å²) in [7, 11) is 0. The van der Waals surface area contributed by atoms with E-state index in [1.165, 1.54) is 6.07 Å². The standard InChI is InChI=1S/C12H12F4/c1-3-8(2)6-9-4-5-10(11(13)7-9)12(14,15)16/h4-5,7H,2-3,6H2,1H3. The SMILES string of the molecule is C=C(CC)Cc1ccc(C(F)(F)F)c(F)c1. The number of hydrogen-bond acceptors (Lipinski definition) is 0. The molecule has 1 aromatic rings. The Hall–Kier alpha value is -1.32. The van der Waals surface area contributed by atoms with Crippen molar-refractivity contribution >= 4 is 0 Å². The van der Waals surface area contributed by atoms with E-state index in [0.717, 1.165) is 24.1 Å². The Labute approximate surface area is 91.6 Å². The fourth-order valence-electron chi connectivity index (χ4n) is 1.31. The maximum Gasteiger partial charge on any atom is 0.419 e. The fraction of sp³-hybridized carbons (Fsp3) is 0.333. The third-order valence-corrected chi connectivity index (χ3v) is 2.29. The average molecular weight is 232 g/mol. The molecular weight excluding hydrogens is 220 g/mol. The van der Waals surface area contributed by atoms with E-state index in [1.54, 1.807) is 0 Å². The largest absolute Gasteiger partial charge is 0.419 e. The van der Waals surface area contributed by atoms with Gasteiger partial charge in [0.05, 0.1) is 5.56 Å². The highest BCUT2D eigenvalue weighted by Gasteiger charge is 2.33. The molecule has 0 spiro atoms. The Bertz CT molecular complexity index is 390. The van der Waals surface area contributed by atoms with Crippen molar-refractivity contribution in [1.82, 2.24) is 0 Å². The zero-order valence-electron chi connectivity index (χ0n) is 8.87. The normalized spacial score (nSPS) is 11.6. The molecule has 88 valence electrons. The van der Waals surface area contributed by atoms with Crippen LogP contribution in [-0.2, 0) is 12.6 Å². The number of benzene rings is 1. The molecule has 0 radical (unpaired) electrons. The second-order valence-corrected chi connectivity index (χ2v) is 3.59. The van der Waals surface area contributed by atoms with Crippen LogP contribution in [0.3, 0.4) is 0 Å². The summed E-state index contributed by atoms with van der Waals surface area (Å²) in [6.07, 6.45) is -3.50. The van der Waals surface area contributed by atoms with E-state index in [4.69, 9.17) is 0 Å². The third-order valence-electron chi connectivity index (χ3n) is 2.29. The van der Waals surface area contributed by atoms with E-state index in [0.29, 0.717) is 12.0 Å². The average Bonchev–Trinajstić information content (AvgIpc) is 2.15. The number of alkyl halides is 3. The molecular formula is C12H12F4. The van der Waals surface area contributed by atoms with Crippen molar-refractivity contribution in [3.63, 3.8) is 0 Å². The van der Waals surface area contributed by atoms with E-state index in [-0.39, 0.29) is 0 Å². The first-order valence-electron chi connectivity index (χ1n) is 4.87. The highest BCUT2D eigenvalue weighted by molar-refractivity contribution is 5.28. The zero-order valence-corrected chi connectivity index (χ0v) is 8.87. The lowest BCUT2D eigenvalue weighted by Gasteiger charge is -2.09. The summed E-state index contributed by atoms with van der Waals surface area (Å²) >= 11 is 0. The Balaban J connectivity index is 2.96. The van der Waals surface area contributed by atoms with Gasteiger partial charge in [0.25, 0.3) is 0 Å². The minimum absolute atomic E-state index is 0.408. The smallest absolute Gasteiger partial charge is 0.206 e. The highest BCUT2D eigenvalue weighted by Crippen LogP contribution is 2.31. The maximum atomic E-state index is 13.2. The van der Waals surface area contributed by atoms with Crippen LogP contribution < -0.4 is 0 Å². The van der Waals surface area contributed by atoms with Crippen LogP contribution in [0.25, 0.3) is 0 Å². The summed E-state index contributed by atoms with van der Waals surface area (Å²) in [4.78, 5) is 0. The summed E-state index contributed by atoms with van der Waals surface area (Å²) in [5, 5.41) is 0. The Kier molecular flexibility index (Phi) is 3.73. The molecule has 1 aromatic carbocycles. The lowest BCUT2D eigenvalue weighted by Crippen LogP contribution is -2.08. The molecule has 0 atom stereocenters. The van der Waals surface area contributed by atoms with Crippen LogP contribution in [0.15, 0.2) is 30.4 Å². The zero-order chi connectivity index (χ0) is 12.3. The van der Waals surface area contributed by atoms with E-state index >= 15 is 0 Å². The molecule has 0 fully saturated rings. The molecule has 0 N–H and O–H groups in total. The van der Waals surface area contributed by atoms with Gasteiger partial charge in [-0.3, -0.25) is 0 Å². The molecule has 16 heavy (non-hydrogen) atoms. The van der Waals surface area contributed by atoms with Gasteiger partial charge in [-0.25, -0.2) is 4.39 Å². The number of allylic oxidation sites excluding steroid dienone is 1. The van der Waals surface area contributed by atoms with E-state index in [2.05, 4.69) is 6.58 Å². The lowest BCUT2D eigenvalue weighted by atomic mass is 10.0. The van der Waals surface area contributed by atoms with Crippen LogP contribution in [0, 0.1) is 5.82 Å². The van der Waals surface area contributed by atoms with Gasteiger partial charge >= 0.3 is 6.18 Å². The summed E-state index contributed by atoms with van der Waals surface area (Å²) < 4.78 is 49.9. The number of rotatable bonds is 3. The molecule has 1 rings (SSSR count). The van der Waals surface area contributed by atoms with Gasteiger partial charge in [-0.2, -0.15) is 13.2 Å². The van der Waals surface area contributed by atoms with Crippen molar-refractivity contribution in [2.75, 3.05) is 0 Å². The predicted octanol–water partition coefficient (Wildman–Crippen LogP) is 4.35. The minimum atomic E-state index is -4.63. The van der Waals surface area contributed by atoms with Gasteiger partial charge in [0.15, 0.2) is 0 Å². The number of halogens is 4. The van der Waals surface area contributed by atoms with Crippen molar-refractivity contribution in [3.05, 3.63) is 47.3 Å². The van der Waals surface area contributed by atoms with Gasteiger partial charge in [0, 0.05) is 0 Å². The van der Waals surface area contributed by atoms with Gasteiger partial charge in [-0.15, -0.1) is 0 Å². The number of hydrogen-bond donors (Lipinski definition) is 0. The van der Waals surface area contributed by atoms with Crippen molar-refractivity contribution in [1.29, 1.82) is 0 Å². The molecule has 0 aliphatic rings. The first-order valence-corrected chi connectivity index (χ1v) is 4.87. The summed E-state index contributed by atoms with van der Waals surface area (Å²) in [5.41, 5.74) is 0.148. The van der Waals surface area contributed by atoms with Crippen LogP contribution in [0.2, 0.25) is 0 Å². The lowest BCUT2D eigenvalue weighted by molar-refractivity contribution is -0.140. The monoisotopic (exact) mass is 232 g/mol. The molecule has 0 nitrogen and oxygen atoms in total. The van der Waals surface area contributed by atoms with Crippen molar-refractivity contribution < 1.29 is 17.6 Å². The molecule has 0 heterocycles. The molecule has 0 aliphatic heterocycles. The van der Waals surface area contributed by atoms with Crippen LogP contribution in [0.5, 0.6) is 0 Å². The molecule has 0 aliphatic carbocycles. The van der Waals surface area contributed by atoms with Crippen LogP contribution >= 0.6 is 0 Å². The quantitative estimate of drug-likeness (QED) is 0.536. The van der Waals surface area contributed by atoms with Crippen LogP contribution in [-0.4, -0.2) is 0 Å². The second-order valence-electron chi connectivity index (χ2n) is 3.59. The Morgan fingerprint density at radius 2 is 1.94 bits per heavy atom. The highest BCUT2D eigenvalue weighted by atomic mass is 19.4. The van der Waals surface area contributed by atoms with Gasteiger partial charge in [-0.05, 0) is 30.5 Å². The van der Waals surface area contributed by atoms with Gasteiger partial charge < -0.3 is 0 Å². The molecule has 0 saturated carbocycles. The topological polar surface area (TPSA) is 0 Å². The Morgan fingerprint density at radius 3 is 2.38 bits per heavy atom. The summed E-state index contributed by atoms with van der Waals surface area (Å²) in [5.74, 6) is -1.23. The van der Waals surface area contributed by atoms with Crippen LogP contribution in [0.1, 0.15) is 24.5 Å². The van der Waals surface area contributed by atoms with Crippen molar-refractivity contribution in [2.24, 2.45) is 0 Å². The van der Waals surface area contributed by atoms with Crippen molar-refractivity contribution in [3.8, 4) is 0 Å². The second kappa shape index (κ2) is 4.68. The molecule has 0 amide bonds. The summed E-state index contributed by atoms with van der Waals surface area (Å²) in [6.45, 7) is 5.62. The van der Waals surface area contributed by atoms with Gasteiger partial charge in [0.1, 0.15) is 5.82 Å². The molecule has 0 unspecified atom stereocenters. The van der Waals surface area contributed by atoms with E-state index in [9.17, 15) is 17.6 Å². The first kappa shape index (κ1) is 12.7. The molecule has 0 saturated heterocycles. The molecule has 0 aromatic heterocycles. The first-order chi connectivity index (χ1) is 7.34. The van der Waals surface area contributed by atoms with E-state index < -0.39 is 17.6 Å². The van der Waals surface area contributed by atoms with Crippen LogP contribution in [0.4, 0.5) is 17.6 Å². The third kappa shape index (κ3) is 3.08. The summed E-state index contributed by atoms with van der Waals surface area (Å²) in [6, 6.07) is 2.98. The molecule has 4 heteroatoms. The van der Waals surface area contributed by atoms with Gasteiger partial charge in [0.2, 0.25) is 0 Å².